The van der Waals surface area contributed by atoms with Gasteiger partial charge in [-0.05, 0) is 31.2 Å². The van der Waals surface area contributed by atoms with Crippen LogP contribution in [0.4, 0.5) is 5.69 Å². The van der Waals surface area contributed by atoms with Gasteiger partial charge in [-0.3, -0.25) is 14.7 Å². The predicted molar refractivity (Wildman–Crippen MR) is 85.5 cm³/mol. The molecule has 0 radical (unpaired) electrons. The molecule has 0 aliphatic heterocycles. The molecule has 1 amide bonds. The molecule has 110 valence electrons. The lowest BCUT2D eigenvalue weighted by atomic mass is 10.2. The van der Waals surface area contributed by atoms with Crippen LogP contribution >= 0.6 is 0 Å². The summed E-state index contributed by atoms with van der Waals surface area (Å²) in [5.41, 5.74) is 1.81. The molecule has 0 aliphatic carbocycles. The minimum atomic E-state index is -0.306. The average molecular weight is 293 g/mol. The molecule has 0 atom stereocenters. The molecule has 0 spiro atoms. The number of anilines is 1. The van der Waals surface area contributed by atoms with Gasteiger partial charge < -0.3 is 5.32 Å². The number of nitrogens with zero attached hydrogens (tertiary/aromatic N) is 1. The molecule has 22 heavy (non-hydrogen) atoms. The Morgan fingerprint density at radius 3 is 2.23 bits per heavy atom. The second kappa shape index (κ2) is 5.73. The highest BCUT2D eigenvalue weighted by atomic mass is 16.2. The highest BCUT2D eigenvalue weighted by molar-refractivity contribution is 6.04. The number of aromatic nitrogens is 2. The first-order chi connectivity index (χ1) is 10.7. The number of nitrogens with one attached hydrogen (secondary N) is 2. The number of hydrogen-bond acceptors (Lipinski definition) is 2. The van der Waals surface area contributed by atoms with Crippen molar-refractivity contribution in [2.45, 2.75) is 6.92 Å². The van der Waals surface area contributed by atoms with Crippen molar-refractivity contribution >= 4 is 11.6 Å². The largest absolute Gasteiger partial charge is 0.316 e. The Hall–Kier alpha value is -3.08. The Bertz CT molecular complexity index is 849. The molecule has 0 unspecified atom stereocenters. The lowest BCUT2D eigenvalue weighted by Gasteiger charge is -2.02. The summed E-state index contributed by atoms with van der Waals surface area (Å²) in [7, 11) is 0. The van der Waals surface area contributed by atoms with E-state index in [1.165, 1.54) is 4.68 Å². The van der Waals surface area contributed by atoms with Crippen LogP contribution in [0.3, 0.4) is 0 Å². The molecule has 5 heteroatoms. The Morgan fingerprint density at radius 2 is 1.59 bits per heavy atom. The lowest BCUT2D eigenvalue weighted by molar-refractivity contribution is 0.102. The number of aryl methyl sites for hydroxylation is 1. The van der Waals surface area contributed by atoms with E-state index in [-0.39, 0.29) is 17.2 Å². The first kappa shape index (κ1) is 13.9. The van der Waals surface area contributed by atoms with Gasteiger partial charge in [0.05, 0.1) is 11.4 Å². The summed E-state index contributed by atoms with van der Waals surface area (Å²) in [5.74, 6) is -0.306. The fourth-order valence-electron chi connectivity index (χ4n) is 2.23. The van der Waals surface area contributed by atoms with Gasteiger partial charge in [-0.15, -0.1) is 0 Å². The summed E-state index contributed by atoms with van der Waals surface area (Å²) in [6.07, 6.45) is 0. The summed E-state index contributed by atoms with van der Waals surface area (Å²) >= 11 is 0. The monoisotopic (exact) mass is 293 g/mol. The molecule has 0 saturated heterocycles. The fourth-order valence-corrected chi connectivity index (χ4v) is 2.23. The van der Waals surface area contributed by atoms with Crippen LogP contribution in [0.2, 0.25) is 0 Å². The van der Waals surface area contributed by atoms with E-state index in [4.69, 9.17) is 0 Å². The third-order valence-electron chi connectivity index (χ3n) is 3.36. The van der Waals surface area contributed by atoms with Gasteiger partial charge in [0, 0.05) is 5.56 Å². The van der Waals surface area contributed by atoms with Gasteiger partial charge in [-0.2, -0.15) is 0 Å². The highest BCUT2D eigenvalue weighted by Crippen LogP contribution is 2.12. The van der Waals surface area contributed by atoms with E-state index in [2.05, 4.69) is 10.4 Å². The second-order valence-electron chi connectivity index (χ2n) is 4.91. The minimum Gasteiger partial charge on any atom is -0.316 e. The van der Waals surface area contributed by atoms with Crippen LogP contribution in [-0.2, 0) is 0 Å². The normalized spacial score (nSPS) is 10.4. The number of benzene rings is 2. The zero-order valence-electron chi connectivity index (χ0n) is 12.0. The molecule has 1 aromatic heterocycles. The highest BCUT2D eigenvalue weighted by Gasteiger charge is 2.15. The topological polar surface area (TPSA) is 66.9 Å². The smallest absolute Gasteiger partial charge is 0.295 e. The van der Waals surface area contributed by atoms with Gasteiger partial charge >= 0.3 is 0 Å². The summed E-state index contributed by atoms with van der Waals surface area (Å²) in [6.45, 7) is 1.75. The maximum Gasteiger partial charge on any atom is 0.295 e. The van der Waals surface area contributed by atoms with E-state index >= 15 is 0 Å². The molecule has 3 rings (SSSR count). The molecular formula is C17H15N3O2. The van der Waals surface area contributed by atoms with E-state index in [1.807, 2.05) is 36.4 Å². The van der Waals surface area contributed by atoms with Crippen molar-refractivity contribution in [1.82, 2.24) is 9.78 Å². The Morgan fingerprint density at radius 1 is 1.00 bits per heavy atom. The summed E-state index contributed by atoms with van der Waals surface area (Å²) in [6, 6.07) is 18.0. The zero-order valence-corrected chi connectivity index (χ0v) is 12.0. The van der Waals surface area contributed by atoms with E-state index in [0.717, 1.165) is 5.69 Å². The number of carbonyl (C=O) groups excluding carboxylic acids is 1. The van der Waals surface area contributed by atoms with Crippen molar-refractivity contribution in [3.05, 3.63) is 82.3 Å². The average Bonchev–Trinajstić information content (AvgIpc) is 2.84. The molecule has 2 N–H and O–H groups in total. The van der Waals surface area contributed by atoms with Gasteiger partial charge in [-0.25, -0.2) is 4.68 Å². The van der Waals surface area contributed by atoms with E-state index in [9.17, 15) is 9.59 Å². The standard InChI is InChI=1S/C17H15N3O2/c1-12-15(18-16(21)13-8-4-2-5-9-13)17(22)20(19-12)14-10-6-3-7-11-14/h2-11,19H,1H3,(H,18,21). The van der Waals surface area contributed by atoms with E-state index < -0.39 is 0 Å². The number of aromatic amines is 1. The lowest BCUT2D eigenvalue weighted by Crippen LogP contribution is -2.21. The van der Waals surface area contributed by atoms with Crippen molar-refractivity contribution in [3.8, 4) is 5.69 Å². The van der Waals surface area contributed by atoms with E-state index in [0.29, 0.717) is 11.3 Å². The van der Waals surface area contributed by atoms with Crippen LogP contribution in [0.5, 0.6) is 0 Å². The molecule has 1 heterocycles. The van der Waals surface area contributed by atoms with Crippen LogP contribution in [0.15, 0.2) is 65.5 Å². The summed E-state index contributed by atoms with van der Waals surface area (Å²) < 4.78 is 1.41. The van der Waals surface area contributed by atoms with Crippen molar-refractivity contribution < 1.29 is 4.79 Å². The second-order valence-corrected chi connectivity index (χ2v) is 4.91. The molecule has 0 saturated carbocycles. The van der Waals surface area contributed by atoms with Gasteiger partial charge in [0.25, 0.3) is 11.5 Å². The quantitative estimate of drug-likeness (QED) is 0.779. The van der Waals surface area contributed by atoms with Gasteiger partial charge in [0.1, 0.15) is 5.69 Å². The molecule has 0 fully saturated rings. The van der Waals surface area contributed by atoms with Crippen LogP contribution < -0.4 is 10.9 Å². The number of hydrogen-bond donors (Lipinski definition) is 2. The maximum atomic E-state index is 12.5. The van der Waals surface area contributed by atoms with Gasteiger partial charge in [-0.1, -0.05) is 36.4 Å². The van der Waals surface area contributed by atoms with Crippen LogP contribution in [-0.4, -0.2) is 15.7 Å². The van der Waals surface area contributed by atoms with Crippen molar-refractivity contribution in [3.63, 3.8) is 0 Å². The number of amides is 1. The Labute approximate surface area is 127 Å². The maximum absolute atomic E-state index is 12.5. The summed E-state index contributed by atoms with van der Waals surface area (Å²) in [5, 5.41) is 5.66. The third-order valence-corrected chi connectivity index (χ3v) is 3.36. The third kappa shape index (κ3) is 2.56. The predicted octanol–water partition coefficient (Wildman–Crippen LogP) is 2.73. The molecule has 2 aromatic carbocycles. The van der Waals surface area contributed by atoms with Gasteiger partial charge in [0.15, 0.2) is 0 Å². The van der Waals surface area contributed by atoms with Crippen molar-refractivity contribution in [2.75, 3.05) is 5.32 Å². The first-order valence-corrected chi connectivity index (χ1v) is 6.90. The SMILES string of the molecule is Cc1[nH]n(-c2ccccc2)c(=O)c1NC(=O)c1ccccc1. The summed E-state index contributed by atoms with van der Waals surface area (Å²) in [4.78, 5) is 24.7. The number of carbonyl (C=O) groups is 1. The first-order valence-electron chi connectivity index (χ1n) is 6.90. The number of H-pyrrole nitrogens is 1. The van der Waals surface area contributed by atoms with Gasteiger partial charge in [0.2, 0.25) is 0 Å². The Kier molecular flexibility index (Phi) is 3.62. The minimum absolute atomic E-state index is 0.262. The molecule has 5 nitrogen and oxygen atoms in total. The van der Waals surface area contributed by atoms with E-state index in [1.54, 1.807) is 31.2 Å². The van der Waals surface area contributed by atoms with Crippen molar-refractivity contribution in [1.29, 1.82) is 0 Å². The van der Waals surface area contributed by atoms with Crippen LogP contribution in [0.1, 0.15) is 16.1 Å². The van der Waals surface area contributed by atoms with Crippen LogP contribution in [0.25, 0.3) is 5.69 Å². The number of para-hydroxylation sites is 1. The molecule has 3 aromatic rings. The van der Waals surface area contributed by atoms with Crippen molar-refractivity contribution in [2.24, 2.45) is 0 Å². The fraction of sp³-hybridized carbons (Fsp3) is 0.0588. The van der Waals surface area contributed by atoms with Crippen LogP contribution in [0, 0.1) is 6.92 Å². The Balaban J connectivity index is 1.95. The molecule has 0 aliphatic rings. The number of rotatable bonds is 3. The molecular weight excluding hydrogens is 278 g/mol. The molecule has 0 bridgehead atoms. The zero-order chi connectivity index (χ0) is 15.5.